The highest BCUT2D eigenvalue weighted by Gasteiger charge is 2.53. The summed E-state index contributed by atoms with van der Waals surface area (Å²) in [6, 6.07) is 0. The van der Waals surface area contributed by atoms with E-state index in [0.29, 0.717) is 10.8 Å². The van der Waals surface area contributed by atoms with Crippen molar-refractivity contribution in [1.82, 2.24) is 0 Å². The minimum absolute atomic E-state index is 0.497. The third kappa shape index (κ3) is 2.56. The molecule has 0 heteroatoms. The molecule has 100 valence electrons. The molecule has 5 atom stereocenters. The molecule has 0 N–H and O–H groups in total. The van der Waals surface area contributed by atoms with Crippen molar-refractivity contribution >= 4 is 0 Å². The van der Waals surface area contributed by atoms with Crippen LogP contribution in [-0.4, -0.2) is 0 Å². The average molecular weight is 236 g/mol. The number of hydrogen-bond donors (Lipinski definition) is 0. The lowest BCUT2D eigenvalue weighted by atomic mass is 9.63. The molecule has 0 saturated heterocycles. The number of hydrogen-bond acceptors (Lipinski definition) is 0. The van der Waals surface area contributed by atoms with Gasteiger partial charge in [-0.25, -0.2) is 0 Å². The van der Waals surface area contributed by atoms with Crippen molar-refractivity contribution in [2.45, 2.75) is 73.6 Å². The molecule has 2 saturated carbocycles. The Morgan fingerprint density at radius 3 is 2.35 bits per heavy atom. The van der Waals surface area contributed by atoms with Crippen molar-refractivity contribution in [1.29, 1.82) is 0 Å². The van der Waals surface area contributed by atoms with E-state index in [2.05, 4.69) is 41.5 Å². The second-order valence-corrected chi connectivity index (χ2v) is 8.64. The Kier molecular flexibility index (Phi) is 3.38. The Morgan fingerprint density at radius 1 is 1.24 bits per heavy atom. The standard InChI is InChI=1S/C17H32/c1-12(10-16(3,4)5)11-17(6)13(2)14-7-8-15(17)9-14/h12-15H,7-11H2,1-6H3/t12?,13-,14-,15+,17-/m1/s1. The molecular weight excluding hydrogens is 204 g/mol. The smallest absolute Gasteiger partial charge is 0.0267 e. The fourth-order valence-corrected chi connectivity index (χ4v) is 5.20. The molecule has 2 fully saturated rings. The van der Waals surface area contributed by atoms with E-state index in [1.54, 1.807) is 6.42 Å². The van der Waals surface area contributed by atoms with Crippen LogP contribution in [0.1, 0.15) is 73.6 Å². The molecule has 0 amide bonds. The van der Waals surface area contributed by atoms with Gasteiger partial charge in [-0.05, 0) is 66.6 Å². The SMILES string of the molecule is CC(CC(C)(C)C)C[C@@]1(C)[C@H]2CC[C@H](C2)[C@H]1C. The second-order valence-electron chi connectivity index (χ2n) is 8.64. The maximum atomic E-state index is 2.60. The largest absolute Gasteiger partial charge is 0.0625 e. The fraction of sp³-hybridized carbons (Fsp3) is 1.00. The van der Waals surface area contributed by atoms with E-state index in [9.17, 15) is 0 Å². The van der Waals surface area contributed by atoms with Gasteiger partial charge in [0.2, 0.25) is 0 Å². The first kappa shape index (κ1) is 13.4. The first-order valence-electron chi connectivity index (χ1n) is 7.72. The third-order valence-corrected chi connectivity index (χ3v) is 5.90. The van der Waals surface area contributed by atoms with Crippen LogP contribution in [0.25, 0.3) is 0 Å². The Bertz CT molecular complexity index is 268. The lowest BCUT2D eigenvalue weighted by molar-refractivity contribution is 0.0728. The molecule has 1 unspecified atom stereocenters. The molecule has 0 aliphatic heterocycles. The van der Waals surface area contributed by atoms with Crippen molar-refractivity contribution in [3.63, 3.8) is 0 Å². The minimum atomic E-state index is 0.497. The van der Waals surface area contributed by atoms with E-state index in [-0.39, 0.29) is 0 Å². The molecule has 0 aromatic carbocycles. The van der Waals surface area contributed by atoms with Crippen LogP contribution < -0.4 is 0 Å². The van der Waals surface area contributed by atoms with Crippen molar-refractivity contribution in [2.24, 2.45) is 34.5 Å². The Balaban J connectivity index is 1.98. The molecule has 0 heterocycles. The Morgan fingerprint density at radius 2 is 1.88 bits per heavy atom. The molecule has 2 rings (SSSR count). The highest BCUT2D eigenvalue weighted by molar-refractivity contribution is 5.02. The van der Waals surface area contributed by atoms with Crippen LogP contribution in [0.5, 0.6) is 0 Å². The van der Waals surface area contributed by atoms with Gasteiger partial charge >= 0.3 is 0 Å². The molecule has 2 aliphatic rings. The molecule has 17 heavy (non-hydrogen) atoms. The van der Waals surface area contributed by atoms with Gasteiger partial charge in [0.25, 0.3) is 0 Å². The van der Waals surface area contributed by atoms with Gasteiger partial charge in [0.05, 0.1) is 0 Å². The van der Waals surface area contributed by atoms with Crippen LogP contribution in [0, 0.1) is 34.5 Å². The summed E-state index contributed by atoms with van der Waals surface area (Å²) in [6.45, 7) is 14.8. The van der Waals surface area contributed by atoms with Gasteiger partial charge in [0, 0.05) is 0 Å². The van der Waals surface area contributed by atoms with Crippen molar-refractivity contribution in [3.8, 4) is 0 Å². The summed E-state index contributed by atoms with van der Waals surface area (Å²) in [7, 11) is 0. The van der Waals surface area contributed by atoms with Crippen LogP contribution >= 0.6 is 0 Å². The van der Waals surface area contributed by atoms with E-state index in [4.69, 9.17) is 0 Å². The van der Waals surface area contributed by atoms with E-state index in [0.717, 1.165) is 23.7 Å². The summed E-state index contributed by atoms with van der Waals surface area (Å²) in [4.78, 5) is 0. The number of fused-ring (bicyclic) bond motifs is 2. The zero-order valence-corrected chi connectivity index (χ0v) is 12.8. The predicted octanol–water partition coefficient (Wildman–Crippen LogP) is 5.52. The first-order valence-corrected chi connectivity index (χ1v) is 7.72. The monoisotopic (exact) mass is 236 g/mol. The van der Waals surface area contributed by atoms with Crippen LogP contribution in [0.3, 0.4) is 0 Å². The van der Waals surface area contributed by atoms with E-state index in [1.807, 2.05) is 0 Å². The topological polar surface area (TPSA) is 0 Å². The van der Waals surface area contributed by atoms with E-state index < -0.39 is 0 Å². The summed E-state index contributed by atoms with van der Waals surface area (Å²) in [6.07, 6.45) is 7.43. The third-order valence-electron chi connectivity index (χ3n) is 5.90. The highest BCUT2D eigenvalue weighted by atomic mass is 14.6. The quantitative estimate of drug-likeness (QED) is 0.605. The maximum absolute atomic E-state index is 2.60. The molecule has 0 radical (unpaired) electrons. The number of rotatable bonds is 3. The average Bonchev–Trinajstić information content (AvgIpc) is 2.67. The van der Waals surface area contributed by atoms with Gasteiger partial charge in [-0.2, -0.15) is 0 Å². The Labute approximate surface area is 109 Å². The molecule has 2 aliphatic carbocycles. The fourth-order valence-electron chi connectivity index (χ4n) is 5.20. The van der Waals surface area contributed by atoms with Crippen molar-refractivity contribution in [3.05, 3.63) is 0 Å². The normalized spacial score (nSPS) is 43.1. The van der Waals surface area contributed by atoms with Gasteiger partial charge in [-0.1, -0.05) is 41.5 Å². The maximum Gasteiger partial charge on any atom is -0.0267 e. The summed E-state index contributed by atoms with van der Waals surface area (Å²) < 4.78 is 0. The van der Waals surface area contributed by atoms with Gasteiger partial charge in [-0.3, -0.25) is 0 Å². The van der Waals surface area contributed by atoms with Crippen LogP contribution in [-0.2, 0) is 0 Å². The van der Waals surface area contributed by atoms with Crippen molar-refractivity contribution < 1.29 is 0 Å². The molecule has 2 bridgehead atoms. The van der Waals surface area contributed by atoms with Gasteiger partial charge in [0.1, 0.15) is 0 Å². The zero-order valence-electron chi connectivity index (χ0n) is 12.8. The lowest BCUT2D eigenvalue weighted by Crippen LogP contribution is -2.34. The Hall–Kier alpha value is 0. The zero-order chi connectivity index (χ0) is 12.8. The molecule has 0 aromatic heterocycles. The van der Waals surface area contributed by atoms with E-state index in [1.165, 1.54) is 25.7 Å². The second kappa shape index (κ2) is 4.28. The van der Waals surface area contributed by atoms with E-state index >= 15 is 0 Å². The van der Waals surface area contributed by atoms with Gasteiger partial charge in [0.15, 0.2) is 0 Å². The summed E-state index contributed by atoms with van der Waals surface area (Å²) >= 11 is 0. The van der Waals surface area contributed by atoms with Crippen LogP contribution in [0.15, 0.2) is 0 Å². The predicted molar refractivity (Wildman–Crippen MR) is 76.0 cm³/mol. The molecule has 0 nitrogen and oxygen atoms in total. The summed E-state index contributed by atoms with van der Waals surface area (Å²) in [5.41, 5.74) is 1.16. The molecule has 0 aromatic rings. The minimum Gasteiger partial charge on any atom is -0.0625 e. The lowest BCUT2D eigenvalue weighted by Gasteiger charge is -2.42. The van der Waals surface area contributed by atoms with Crippen LogP contribution in [0.4, 0.5) is 0 Å². The van der Waals surface area contributed by atoms with Crippen LogP contribution in [0.2, 0.25) is 0 Å². The van der Waals surface area contributed by atoms with Gasteiger partial charge < -0.3 is 0 Å². The van der Waals surface area contributed by atoms with Crippen molar-refractivity contribution in [2.75, 3.05) is 0 Å². The van der Waals surface area contributed by atoms with Gasteiger partial charge in [-0.15, -0.1) is 0 Å². The summed E-state index contributed by atoms with van der Waals surface area (Å²) in [5.74, 6) is 3.97. The molecular formula is C17H32. The summed E-state index contributed by atoms with van der Waals surface area (Å²) in [5, 5.41) is 0. The highest BCUT2D eigenvalue weighted by Crippen LogP contribution is 2.61. The molecule has 0 spiro atoms. The first-order chi connectivity index (χ1) is 7.72.